The van der Waals surface area contributed by atoms with Crippen LogP contribution in [0.1, 0.15) is 47.6 Å². The maximum Gasteiger partial charge on any atom is 0.228 e. The average Bonchev–Trinajstić information content (AvgIpc) is 3.47. The third kappa shape index (κ3) is 2.50. The molecule has 1 aliphatic heterocycles. The fourth-order valence-electron chi connectivity index (χ4n) is 8.47. The van der Waals surface area contributed by atoms with Crippen LogP contribution in [0.2, 0.25) is 0 Å². The van der Waals surface area contributed by atoms with Gasteiger partial charge in [0, 0.05) is 48.2 Å². The minimum Gasteiger partial charge on any atom is -0.380 e. The number of carbonyl (C=O) groups is 1. The molecule has 4 nitrogen and oxygen atoms in total. The van der Waals surface area contributed by atoms with Crippen LogP contribution in [0.4, 0.5) is 0 Å². The van der Waals surface area contributed by atoms with Crippen LogP contribution in [0, 0.1) is 11.8 Å². The number of para-hydroxylation sites is 1. The van der Waals surface area contributed by atoms with Crippen LogP contribution in [0.15, 0.2) is 91.6 Å². The molecule has 1 amide bonds. The topological polar surface area (TPSA) is 45.3 Å². The zero-order valence-electron chi connectivity index (χ0n) is 21.6. The molecule has 4 heteroatoms. The van der Waals surface area contributed by atoms with E-state index < -0.39 is 11.0 Å². The van der Waals surface area contributed by atoms with Gasteiger partial charge in [-0.1, -0.05) is 72.8 Å². The van der Waals surface area contributed by atoms with Crippen molar-refractivity contribution in [2.45, 2.75) is 36.8 Å². The number of carbonyl (C=O) groups excluding carboxylic acids is 1. The molecule has 0 saturated carbocycles. The number of aromatic amines is 1. The van der Waals surface area contributed by atoms with E-state index in [9.17, 15) is 4.79 Å². The molecular weight excluding hydrogens is 456 g/mol. The van der Waals surface area contributed by atoms with E-state index in [-0.39, 0.29) is 29.8 Å². The van der Waals surface area contributed by atoms with Crippen molar-refractivity contribution in [1.29, 1.82) is 0 Å². The van der Waals surface area contributed by atoms with Gasteiger partial charge in [0.15, 0.2) is 0 Å². The summed E-state index contributed by atoms with van der Waals surface area (Å²) < 4.78 is 6.21. The molecule has 186 valence electrons. The number of likely N-dealkylation sites (tertiary alicyclic amines) is 1. The lowest BCUT2D eigenvalue weighted by Gasteiger charge is -2.59. The Bertz CT molecular complexity index is 1520. The first kappa shape index (κ1) is 22.6. The van der Waals surface area contributed by atoms with Gasteiger partial charge in [-0.25, -0.2) is 0 Å². The summed E-state index contributed by atoms with van der Waals surface area (Å²) in [5, 5.41) is 1.17. The largest absolute Gasteiger partial charge is 0.380 e. The van der Waals surface area contributed by atoms with Crippen LogP contribution in [0.25, 0.3) is 10.9 Å². The highest BCUT2D eigenvalue weighted by Gasteiger charge is 2.72. The van der Waals surface area contributed by atoms with Crippen LogP contribution in [-0.4, -0.2) is 35.5 Å². The molecule has 3 aliphatic carbocycles. The van der Waals surface area contributed by atoms with Gasteiger partial charge in [0.2, 0.25) is 5.91 Å². The minimum atomic E-state index is -0.582. The molecule has 0 spiro atoms. The lowest BCUT2D eigenvalue weighted by Crippen LogP contribution is -2.60. The van der Waals surface area contributed by atoms with Gasteiger partial charge in [0.05, 0.1) is 23.0 Å². The van der Waals surface area contributed by atoms with Crippen LogP contribution >= 0.6 is 0 Å². The fraction of sp³-hybridized carbons (Fsp3) is 0.303. The van der Waals surface area contributed by atoms with E-state index in [1.165, 1.54) is 33.2 Å². The Balaban J connectivity index is 1.61. The molecule has 1 unspecified atom stereocenters. The van der Waals surface area contributed by atoms with Gasteiger partial charge in [0.25, 0.3) is 0 Å². The van der Waals surface area contributed by atoms with Crippen molar-refractivity contribution in [3.63, 3.8) is 0 Å². The van der Waals surface area contributed by atoms with Crippen LogP contribution < -0.4 is 0 Å². The van der Waals surface area contributed by atoms with Crippen molar-refractivity contribution in [3.8, 4) is 0 Å². The van der Waals surface area contributed by atoms with Gasteiger partial charge in [-0.2, -0.15) is 0 Å². The Morgan fingerprint density at radius 1 is 1.00 bits per heavy atom. The number of rotatable bonds is 5. The second kappa shape index (κ2) is 7.69. The lowest BCUT2D eigenvalue weighted by molar-refractivity contribution is -0.136. The smallest absolute Gasteiger partial charge is 0.228 e. The SMILES string of the molecule is C=CCN1C(=O)[C@H]2[C@H](C3c4ccccc4C2(C(C)OC)c2ccccc23)[C@@]1(C)c1c[nH]c2ccccc12. The Hall–Kier alpha value is -3.63. The van der Waals surface area contributed by atoms with Crippen LogP contribution in [-0.2, 0) is 20.5 Å². The summed E-state index contributed by atoms with van der Waals surface area (Å²) in [7, 11) is 1.78. The number of aromatic nitrogens is 1. The molecule has 4 aliphatic rings. The number of amides is 1. The van der Waals surface area contributed by atoms with Crippen molar-refractivity contribution >= 4 is 16.8 Å². The molecule has 3 aromatic carbocycles. The zero-order chi connectivity index (χ0) is 25.5. The van der Waals surface area contributed by atoms with Gasteiger partial charge in [-0.3, -0.25) is 4.79 Å². The standard InChI is InChI=1S/C33H32N2O2/c1-5-18-35-31(36)30-29(32(35,3)26-19-34-27-17-11-8-12-21(26)27)28-22-13-6-9-15-24(22)33(30,20(2)37-4)25-16-10-7-14-23(25)28/h5-17,19-20,28-30,34H,1,18H2,2-4H3/t20?,28?,29-,30+,32+,33?/m0/s1. The van der Waals surface area contributed by atoms with E-state index in [4.69, 9.17) is 4.74 Å². The Labute approximate surface area is 218 Å². The number of hydrogen-bond acceptors (Lipinski definition) is 2. The van der Waals surface area contributed by atoms with Crippen molar-refractivity contribution in [1.82, 2.24) is 9.88 Å². The number of benzene rings is 3. The molecule has 1 aromatic heterocycles. The quantitative estimate of drug-likeness (QED) is 0.344. The minimum absolute atomic E-state index is 0.0292. The number of nitrogens with one attached hydrogen (secondary N) is 1. The molecule has 4 atom stereocenters. The predicted molar refractivity (Wildman–Crippen MR) is 147 cm³/mol. The van der Waals surface area contributed by atoms with Crippen molar-refractivity contribution in [2.24, 2.45) is 11.8 Å². The zero-order valence-corrected chi connectivity index (χ0v) is 21.6. The molecule has 37 heavy (non-hydrogen) atoms. The van der Waals surface area contributed by atoms with E-state index in [2.05, 4.69) is 109 Å². The maximum atomic E-state index is 14.8. The summed E-state index contributed by atoms with van der Waals surface area (Å²) in [6.07, 6.45) is 3.81. The fourth-order valence-corrected chi connectivity index (χ4v) is 8.47. The molecule has 1 N–H and O–H groups in total. The molecule has 2 heterocycles. The summed E-state index contributed by atoms with van der Waals surface area (Å²) in [6, 6.07) is 26.0. The number of fused-ring (bicyclic) bond motifs is 1. The van der Waals surface area contributed by atoms with E-state index >= 15 is 0 Å². The Morgan fingerprint density at radius 2 is 1.62 bits per heavy atom. The molecule has 0 radical (unpaired) electrons. The first-order valence-corrected chi connectivity index (χ1v) is 13.2. The monoisotopic (exact) mass is 488 g/mol. The van der Waals surface area contributed by atoms with Crippen molar-refractivity contribution < 1.29 is 9.53 Å². The molecule has 2 bridgehead atoms. The summed E-state index contributed by atoms with van der Waals surface area (Å²) in [4.78, 5) is 20.4. The maximum absolute atomic E-state index is 14.8. The highest BCUT2D eigenvalue weighted by atomic mass is 16.5. The molecule has 1 fully saturated rings. The number of ether oxygens (including phenoxy) is 1. The normalized spacial score (nSPS) is 30.2. The van der Waals surface area contributed by atoms with E-state index in [0.717, 1.165) is 5.52 Å². The van der Waals surface area contributed by atoms with Gasteiger partial charge in [-0.15, -0.1) is 6.58 Å². The Kier molecular flexibility index (Phi) is 4.69. The van der Waals surface area contributed by atoms with Gasteiger partial charge >= 0.3 is 0 Å². The Morgan fingerprint density at radius 3 is 2.27 bits per heavy atom. The third-order valence-corrected chi connectivity index (χ3v) is 9.87. The van der Waals surface area contributed by atoms with Gasteiger partial charge < -0.3 is 14.6 Å². The summed E-state index contributed by atoms with van der Waals surface area (Å²) in [5.74, 6) is 0.0637. The number of nitrogens with zero attached hydrogens (tertiary/aromatic N) is 1. The van der Waals surface area contributed by atoms with Crippen molar-refractivity contribution in [2.75, 3.05) is 13.7 Å². The van der Waals surface area contributed by atoms with Crippen LogP contribution in [0.3, 0.4) is 0 Å². The van der Waals surface area contributed by atoms with E-state index in [1.807, 2.05) is 6.08 Å². The third-order valence-electron chi connectivity index (χ3n) is 9.87. The highest BCUT2D eigenvalue weighted by molar-refractivity contribution is 5.92. The second-order valence-electron chi connectivity index (χ2n) is 11.0. The predicted octanol–water partition coefficient (Wildman–Crippen LogP) is 6.12. The molecular formula is C33H32N2O2. The number of hydrogen-bond donors (Lipinski definition) is 1. The van der Waals surface area contributed by atoms with E-state index in [1.54, 1.807) is 7.11 Å². The number of H-pyrrole nitrogens is 1. The average molecular weight is 489 g/mol. The van der Waals surface area contributed by atoms with Gasteiger partial charge in [-0.05, 0) is 42.2 Å². The lowest BCUT2D eigenvalue weighted by atomic mass is 9.43. The number of methoxy groups -OCH3 is 1. The van der Waals surface area contributed by atoms with Gasteiger partial charge in [0.1, 0.15) is 0 Å². The second-order valence-corrected chi connectivity index (χ2v) is 11.0. The highest BCUT2D eigenvalue weighted by Crippen LogP contribution is 2.70. The molecule has 1 saturated heterocycles. The van der Waals surface area contributed by atoms with E-state index in [0.29, 0.717) is 6.54 Å². The summed E-state index contributed by atoms with van der Waals surface area (Å²) in [5.41, 5.74) is 6.27. The van der Waals surface area contributed by atoms with Crippen molar-refractivity contribution in [3.05, 3.63) is 119 Å². The first-order chi connectivity index (χ1) is 18.0. The summed E-state index contributed by atoms with van der Waals surface area (Å²) >= 11 is 0. The summed E-state index contributed by atoms with van der Waals surface area (Å²) in [6.45, 7) is 8.98. The molecule has 4 aromatic rings. The first-order valence-electron chi connectivity index (χ1n) is 13.2. The van der Waals surface area contributed by atoms with Crippen LogP contribution in [0.5, 0.6) is 0 Å². The molecule has 8 rings (SSSR count).